The van der Waals surface area contributed by atoms with E-state index >= 15 is 0 Å². The highest BCUT2D eigenvalue weighted by atomic mass is 16.5. The number of carbonyl (C=O) groups excluding carboxylic acids is 1. The lowest BCUT2D eigenvalue weighted by atomic mass is 9.95. The number of nitrogens with zero attached hydrogens (tertiary/aromatic N) is 1. The van der Waals surface area contributed by atoms with Crippen molar-refractivity contribution in [3.05, 3.63) is 18.3 Å². The van der Waals surface area contributed by atoms with E-state index in [1.165, 1.54) is 19.3 Å². The fraction of sp³-hybridized carbons (Fsp3) is 0.600. The van der Waals surface area contributed by atoms with Crippen molar-refractivity contribution < 1.29 is 9.53 Å². The summed E-state index contributed by atoms with van der Waals surface area (Å²) in [6.07, 6.45) is 7.59. The molecule has 1 saturated carbocycles. The minimum atomic E-state index is -0.271. The molecular formula is C15H23N3O2. The number of pyridine rings is 1. The quantitative estimate of drug-likeness (QED) is 0.867. The van der Waals surface area contributed by atoms with Gasteiger partial charge < -0.3 is 15.4 Å². The summed E-state index contributed by atoms with van der Waals surface area (Å²) in [6.45, 7) is 1.86. The van der Waals surface area contributed by atoms with Gasteiger partial charge >= 0.3 is 0 Å². The van der Waals surface area contributed by atoms with Crippen LogP contribution in [0.3, 0.4) is 0 Å². The van der Waals surface area contributed by atoms with Gasteiger partial charge in [-0.3, -0.25) is 4.79 Å². The molecule has 1 heterocycles. The Kier molecular flexibility index (Phi) is 5.21. The standard InChI is InChI=1S/C15H23N3O2/c1-11(15(19)18-12-6-4-3-5-7-12)17-13-8-9-14(20-2)16-10-13/h8-12,17H,3-7H2,1-2H3,(H,18,19)/t11-/m1/s1. The Balaban J connectivity index is 1.83. The van der Waals surface area contributed by atoms with Crippen LogP contribution in [-0.2, 0) is 4.79 Å². The molecular weight excluding hydrogens is 254 g/mol. The number of anilines is 1. The Morgan fingerprint density at radius 3 is 2.70 bits per heavy atom. The number of methoxy groups -OCH3 is 1. The Labute approximate surface area is 120 Å². The largest absolute Gasteiger partial charge is 0.481 e. The SMILES string of the molecule is COc1ccc(N[C@H](C)C(=O)NC2CCCCC2)cn1. The van der Waals surface area contributed by atoms with Crippen molar-refractivity contribution in [1.82, 2.24) is 10.3 Å². The van der Waals surface area contributed by atoms with E-state index in [1.54, 1.807) is 19.4 Å². The topological polar surface area (TPSA) is 63.2 Å². The molecule has 1 aliphatic rings. The zero-order chi connectivity index (χ0) is 14.4. The van der Waals surface area contributed by atoms with Crippen LogP contribution in [0.2, 0.25) is 0 Å². The second kappa shape index (κ2) is 7.12. The van der Waals surface area contributed by atoms with Gasteiger partial charge in [-0.15, -0.1) is 0 Å². The summed E-state index contributed by atoms with van der Waals surface area (Å²) in [5.41, 5.74) is 0.817. The van der Waals surface area contributed by atoms with Crippen LogP contribution >= 0.6 is 0 Å². The van der Waals surface area contributed by atoms with Crippen LogP contribution in [-0.4, -0.2) is 30.1 Å². The van der Waals surface area contributed by atoms with E-state index in [0.717, 1.165) is 18.5 Å². The summed E-state index contributed by atoms with van der Waals surface area (Å²) in [5, 5.41) is 6.27. The number of aromatic nitrogens is 1. The van der Waals surface area contributed by atoms with Gasteiger partial charge in [-0.05, 0) is 25.8 Å². The molecule has 0 bridgehead atoms. The number of amides is 1. The van der Waals surface area contributed by atoms with Crippen LogP contribution in [0.25, 0.3) is 0 Å². The fourth-order valence-electron chi connectivity index (χ4n) is 2.48. The van der Waals surface area contributed by atoms with Crippen molar-refractivity contribution in [3.63, 3.8) is 0 Å². The van der Waals surface area contributed by atoms with Crippen LogP contribution in [0.4, 0.5) is 5.69 Å². The number of rotatable bonds is 5. The minimum absolute atomic E-state index is 0.0488. The van der Waals surface area contributed by atoms with Gasteiger partial charge in [0, 0.05) is 12.1 Å². The lowest BCUT2D eigenvalue weighted by Gasteiger charge is -2.25. The van der Waals surface area contributed by atoms with Gasteiger partial charge in [0.2, 0.25) is 11.8 Å². The zero-order valence-electron chi connectivity index (χ0n) is 12.2. The first-order valence-corrected chi connectivity index (χ1v) is 7.26. The molecule has 110 valence electrons. The van der Waals surface area contributed by atoms with Gasteiger partial charge in [0.05, 0.1) is 19.0 Å². The van der Waals surface area contributed by atoms with Crippen molar-refractivity contribution in [2.24, 2.45) is 0 Å². The monoisotopic (exact) mass is 277 g/mol. The van der Waals surface area contributed by atoms with E-state index in [0.29, 0.717) is 11.9 Å². The second-order valence-electron chi connectivity index (χ2n) is 5.30. The Morgan fingerprint density at radius 1 is 1.35 bits per heavy atom. The van der Waals surface area contributed by atoms with E-state index in [9.17, 15) is 4.79 Å². The van der Waals surface area contributed by atoms with Gasteiger partial charge in [0.1, 0.15) is 6.04 Å². The van der Waals surface area contributed by atoms with Crippen molar-refractivity contribution >= 4 is 11.6 Å². The molecule has 2 rings (SSSR count). The van der Waals surface area contributed by atoms with Crippen molar-refractivity contribution in [3.8, 4) is 5.88 Å². The predicted molar refractivity (Wildman–Crippen MR) is 78.9 cm³/mol. The van der Waals surface area contributed by atoms with Crippen LogP contribution in [0.1, 0.15) is 39.0 Å². The molecule has 0 aromatic carbocycles. The normalized spacial score (nSPS) is 17.3. The molecule has 20 heavy (non-hydrogen) atoms. The highest BCUT2D eigenvalue weighted by Crippen LogP contribution is 2.18. The van der Waals surface area contributed by atoms with Crippen LogP contribution in [0.15, 0.2) is 18.3 Å². The van der Waals surface area contributed by atoms with Crippen molar-refractivity contribution in [2.45, 2.75) is 51.1 Å². The lowest BCUT2D eigenvalue weighted by molar-refractivity contribution is -0.122. The zero-order valence-corrected chi connectivity index (χ0v) is 12.2. The molecule has 0 saturated heterocycles. The maximum atomic E-state index is 12.1. The number of ether oxygens (including phenoxy) is 1. The molecule has 0 spiro atoms. The first-order valence-electron chi connectivity index (χ1n) is 7.26. The molecule has 1 amide bonds. The molecule has 5 nitrogen and oxygen atoms in total. The average Bonchev–Trinajstić information content (AvgIpc) is 2.49. The van der Waals surface area contributed by atoms with Crippen LogP contribution in [0.5, 0.6) is 5.88 Å². The van der Waals surface area contributed by atoms with Gasteiger partial charge in [-0.25, -0.2) is 4.98 Å². The molecule has 1 aromatic heterocycles. The maximum Gasteiger partial charge on any atom is 0.242 e. The third-order valence-corrected chi connectivity index (χ3v) is 3.67. The van der Waals surface area contributed by atoms with Crippen LogP contribution in [0, 0.1) is 0 Å². The summed E-state index contributed by atoms with van der Waals surface area (Å²) >= 11 is 0. The first kappa shape index (κ1) is 14.6. The molecule has 1 aliphatic carbocycles. The minimum Gasteiger partial charge on any atom is -0.481 e. The van der Waals surface area contributed by atoms with Crippen molar-refractivity contribution in [2.75, 3.05) is 12.4 Å². The summed E-state index contributed by atoms with van der Waals surface area (Å²) in [4.78, 5) is 16.2. The van der Waals surface area contributed by atoms with Gasteiger partial charge in [0.25, 0.3) is 0 Å². The fourth-order valence-corrected chi connectivity index (χ4v) is 2.48. The van der Waals surface area contributed by atoms with E-state index < -0.39 is 0 Å². The summed E-state index contributed by atoms with van der Waals surface area (Å²) in [7, 11) is 1.58. The Hall–Kier alpha value is -1.78. The van der Waals surface area contributed by atoms with Gasteiger partial charge in [-0.2, -0.15) is 0 Å². The number of hydrogen-bond donors (Lipinski definition) is 2. The Morgan fingerprint density at radius 2 is 2.10 bits per heavy atom. The number of carbonyl (C=O) groups is 1. The Bertz CT molecular complexity index is 427. The van der Waals surface area contributed by atoms with Crippen LogP contribution < -0.4 is 15.4 Å². The molecule has 0 radical (unpaired) electrons. The van der Waals surface area contributed by atoms with Crippen molar-refractivity contribution in [1.29, 1.82) is 0 Å². The molecule has 0 aliphatic heterocycles. The third kappa shape index (κ3) is 4.11. The molecule has 0 unspecified atom stereocenters. The lowest BCUT2D eigenvalue weighted by Crippen LogP contribution is -2.44. The molecule has 1 fully saturated rings. The van der Waals surface area contributed by atoms with E-state index in [-0.39, 0.29) is 11.9 Å². The summed E-state index contributed by atoms with van der Waals surface area (Å²) < 4.78 is 5.00. The summed E-state index contributed by atoms with van der Waals surface area (Å²) in [5.74, 6) is 0.613. The maximum absolute atomic E-state index is 12.1. The average molecular weight is 277 g/mol. The molecule has 1 atom stereocenters. The second-order valence-corrected chi connectivity index (χ2v) is 5.30. The van der Waals surface area contributed by atoms with E-state index in [1.807, 2.05) is 13.0 Å². The smallest absolute Gasteiger partial charge is 0.242 e. The first-order chi connectivity index (χ1) is 9.69. The molecule has 2 N–H and O–H groups in total. The summed E-state index contributed by atoms with van der Waals surface area (Å²) in [6, 6.07) is 3.70. The van der Waals surface area contributed by atoms with Gasteiger partial charge in [0.15, 0.2) is 0 Å². The number of hydrogen-bond acceptors (Lipinski definition) is 4. The third-order valence-electron chi connectivity index (χ3n) is 3.67. The predicted octanol–water partition coefficient (Wildman–Crippen LogP) is 2.34. The molecule has 1 aromatic rings. The molecule has 5 heteroatoms. The number of nitrogens with one attached hydrogen (secondary N) is 2. The van der Waals surface area contributed by atoms with E-state index in [2.05, 4.69) is 15.6 Å². The van der Waals surface area contributed by atoms with E-state index in [4.69, 9.17) is 4.74 Å². The van der Waals surface area contributed by atoms with Gasteiger partial charge in [-0.1, -0.05) is 19.3 Å². The highest BCUT2D eigenvalue weighted by molar-refractivity contribution is 5.84. The highest BCUT2D eigenvalue weighted by Gasteiger charge is 2.19.